The van der Waals surface area contributed by atoms with Crippen molar-refractivity contribution in [1.82, 2.24) is 10.2 Å². The number of ether oxygens (including phenoxy) is 1. The van der Waals surface area contributed by atoms with E-state index in [0.717, 1.165) is 27.1 Å². The first-order valence-corrected chi connectivity index (χ1v) is 12.3. The smallest absolute Gasteiger partial charge is 0.249 e. The van der Waals surface area contributed by atoms with Crippen molar-refractivity contribution in [3.8, 4) is 5.75 Å². The van der Waals surface area contributed by atoms with Gasteiger partial charge >= 0.3 is 0 Å². The van der Waals surface area contributed by atoms with Crippen LogP contribution in [-0.4, -0.2) is 49.7 Å². The first kappa shape index (κ1) is 22.7. The molecule has 28 heavy (non-hydrogen) atoms. The van der Waals surface area contributed by atoms with Crippen LogP contribution in [0.25, 0.3) is 0 Å². The Morgan fingerprint density at radius 1 is 1.43 bits per heavy atom. The van der Waals surface area contributed by atoms with Crippen LogP contribution < -0.4 is 14.4 Å². The van der Waals surface area contributed by atoms with E-state index < -0.39 is 22.0 Å². The quantitative estimate of drug-likeness (QED) is 0.447. The van der Waals surface area contributed by atoms with Crippen LogP contribution in [0.1, 0.15) is 20.3 Å². The Kier molecular flexibility index (Phi) is 7.93. The zero-order valence-electron chi connectivity index (χ0n) is 15.8. The summed E-state index contributed by atoms with van der Waals surface area (Å²) in [4.78, 5) is 12.7. The number of nitrogens with one attached hydrogen (secondary N) is 1. The van der Waals surface area contributed by atoms with E-state index in [4.69, 9.17) is 16.3 Å². The Balaban J connectivity index is 2.28. The van der Waals surface area contributed by atoms with Crippen LogP contribution in [0.15, 0.2) is 22.5 Å². The molecule has 1 aromatic carbocycles. The summed E-state index contributed by atoms with van der Waals surface area (Å²) >= 11 is 8.82. The van der Waals surface area contributed by atoms with Gasteiger partial charge in [0.1, 0.15) is 11.8 Å². The monoisotopic (exact) mass is 464 g/mol. The fourth-order valence-corrected chi connectivity index (χ4v) is 5.35. The number of hydrogen-bond donors (Lipinski definition) is 1. The highest BCUT2D eigenvalue weighted by Crippen LogP contribution is 2.34. The molecular formula is C16H21ClN4O4S3. The summed E-state index contributed by atoms with van der Waals surface area (Å²) in [5, 5.41) is 11.2. The number of sulfonamides is 1. The minimum Gasteiger partial charge on any atom is -0.495 e. The van der Waals surface area contributed by atoms with Gasteiger partial charge in [-0.05, 0) is 31.5 Å². The maximum Gasteiger partial charge on any atom is 0.249 e. The van der Waals surface area contributed by atoms with Crippen molar-refractivity contribution in [2.75, 3.05) is 28.7 Å². The van der Waals surface area contributed by atoms with Crippen molar-refractivity contribution in [3.05, 3.63) is 23.2 Å². The summed E-state index contributed by atoms with van der Waals surface area (Å²) in [6, 6.07) is 3.49. The molecule has 0 radical (unpaired) electrons. The fraction of sp³-hybridized carbons (Fsp3) is 0.438. The lowest BCUT2D eigenvalue weighted by atomic mass is 10.2. The molecule has 1 amide bonds. The lowest BCUT2D eigenvalue weighted by Gasteiger charge is -2.29. The molecule has 2 rings (SSSR count). The summed E-state index contributed by atoms with van der Waals surface area (Å²) in [7, 11) is -2.40. The van der Waals surface area contributed by atoms with E-state index in [-0.39, 0.29) is 11.4 Å². The molecule has 0 saturated heterocycles. The van der Waals surface area contributed by atoms with Crippen LogP contribution in [0.3, 0.4) is 0 Å². The number of amides is 1. The van der Waals surface area contributed by atoms with Gasteiger partial charge in [-0.25, -0.2) is 8.42 Å². The second-order valence-corrected chi connectivity index (χ2v) is 10.4. The normalized spacial score (nSPS) is 12.5. The highest BCUT2D eigenvalue weighted by Gasteiger charge is 2.32. The Bertz CT molecular complexity index is 936. The maximum absolute atomic E-state index is 12.7. The van der Waals surface area contributed by atoms with Gasteiger partial charge in [-0.2, -0.15) is 0 Å². The van der Waals surface area contributed by atoms with Crippen molar-refractivity contribution in [2.45, 2.75) is 30.6 Å². The lowest BCUT2D eigenvalue weighted by molar-refractivity contribution is -0.116. The third-order valence-corrected chi connectivity index (χ3v) is 7.17. The van der Waals surface area contributed by atoms with E-state index in [1.54, 1.807) is 23.9 Å². The molecule has 1 N–H and O–H groups in total. The number of halogens is 1. The van der Waals surface area contributed by atoms with Crippen LogP contribution in [0.5, 0.6) is 5.75 Å². The molecule has 0 aliphatic rings. The standard InChI is InChI=1S/C16H21ClN4O4S3/c1-5-8-26-16-20-19-15(27-16)18-14(22)10(2)21(28(4,23)24)12-9-11(17)6-7-13(12)25-3/h6-7,9-10H,5,8H2,1-4H3,(H,18,19,22). The molecule has 0 aliphatic heterocycles. The van der Waals surface area contributed by atoms with Gasteiger partial charge in [-0.1, -0.05) is 41.6 Å². The van der Waals surface area contributed by atoms with Gasteiger partial charge in [-0.15, -0.1) is 10.2 Å². The highest BCUT2D eigenvalue weighted by atomic mass is 35.5. The molecule has 1 atom stereocenters. The van der Waals surface area contributed by atoms with Gasteiger partial charge in [0, 0.05) is 10.8 Å². The van der Waals surface area contributed by atoms with Gasteiger partial charge in [-0.3, -0.25) is 14.4 Å². The summed E-state index contributed by atoms with van der Waals surface area (Å²) in [5.41, 5.74) is 0.177. The van der Waals surface area contributed by atoms with E-state index >= 15 is 0 Å². The van der Waals surface area contributed by atoms with E-state index in [0.29, 0.717) is 10.2 Å². The molecule has 8 nitrogen and oxygen atoms in total. The van der Waals surface area contributed by atoms with E-state index in [1.165, 1.54) is 31.4 Å². The van der Waals surface area contributed by atoms with Gasteiger partial charge in [0.25, 0.3) is 0 Å². The fourth-order valence-electron chi connectivity index (χ4n) is 2.33. The van der Waals surface area contributed by atoms with Gasteiger partial charge in [0.15, 0.2) is 4.34 Å². The number of hydrogen-bond acceptors (Lipinski definition) is 8. The number of carbonyl (C=O) groups excluding carboxylic acids is 1. The Hall–Kier alpha value is -1.56. The first-order valence-electron chi connectivity index (χ1n) is 8.27. The number of nitrogens with zero attached hydrogens (tertiary/aromatic N) is 3. The molecule has 2 aromatic rings. The number of benzene rings is 1. The van der Waals surface area contributed by atoms with Crippen LogP contribution in [0.2, 0.25) is 5.02 Å². The lowest BCUT2D eigenvalue weighted by Crippen LogP contribution is -2.45. The number of anilines is 2. The molecule has 0 aliphatic carbocycles. The summed E-state index contributed by atoms with van der Waals surface area (Å²) in [6.45, 7) is 3.53. The number of carbonyl (C=O) groups is 1. The predicted octanol–water partition coefficient (Wildman–Crippen LogP) is 3.50. The van der Waals surface area contributed by atoms with Crippen molar-refractivity contribution >= 4 is 61.4 Å². The zero-order chi connectivity index (χ0) is 20.9. The minimum absolute atomic E-state index is 0.177. The third-order valence-electron chi connectivity index (χ3n) is 3.53. The Labute approximate surface area is 177 Å². The molecule has 0 bridgehead atoms. The number of aromatic nitrogens is 2. The van der Waals surface area contributed by atoms with Crippen molar-refractivity contribution in [1.29, 1.82) is 0 Å². The molecule has 1 unspecified atom stereocenters. The largest absolute Gasteiger partial charge is 0.495 e. The molecule has 1 aromatic heterocycles. The van der Waals surface area contributed by atoms with Crippen molar-refractivity contribution in [2.24, 2.45) is 0 Å². The van der Waals surface area contributed by atoms with Crippen LogP contribution in [0.4, 0.5) is 10.8 Å². The summed E-state index contributed by atoms with van der Waals surface area (Å²) in [6.07, 6.45) is 2.01. The number of rotatable bonds is 9. The van der Waals surface area contributed by atoms with E-state index in [2.05, 4.69) is 22.4 Å². The SMILES string of the molecule is CCCSc1nnc(NC(=O)C(C)N(c2cc(Cl)ccc2OC)S(C)(=O)=O)s1. The topological polar surface area (TPSA) is 101 Å². The molecule has 0 fully saturated rings. The highest BCUT2D eigenvalue weighted by molar-refractivity contribution is 8.01. The second kappa shape index (κ2) is 9.77. The van der Waals surface area contributed by atoms with E-state index in [9.17, 15) is 13.2 Å². The van der Waals surface area contributed by atoms with Crippen molar-refractivity contribution < 1.29 is 17.9 Å². The third kappa shape index (κ3) is 5.72. The summed E-state index contributed by atoms with van der Waals surface area (Å²) in [5.74, 6) is 0.634. The number of thioether (sulfide) groups is 1. The molecule has 0 saturated carbocycles. The molecule has 12 heteroatoms. The van der Waals surface area contributed by atoms with Crippen LogP contribution in [0, 0.1) is 0 Å². The first-order chi connectivity index (χ1) is 13.2. The van der Waals surface area contributed by atoms with Gasteiger partial charge in [0.2, 0.25) is 21.1 Å². The van der Waals surface area contributed by atoms with Crippen LogP contribution in [-0.2, 0) is 14.8 Å². The molecule has 0 spiro atoms. The zero-order valence-corrected chi connectivity index (χ0v) is 19.0. The maximum atomic E-state index is 12.7. The van der Waals surface area contributed by atoms with Gasteiger partial charge < -0.3 is 4.74 Å². The molecule has 154 valence electrons. The minimum atomic E-state index is -3.81. The predicted molar refractivity (Wildman–Crippen MR) is 114 cm³/mol. The van der Waals surface area contributed by atoms with Gasteiger partial charge in [0.05, 0.1) is 19.1 Å². The van der Waals surface area contributed by atoms with Crippen molar-refractivity contribution in [3.63, 3.8) is 0 Å². The number of methoxy groups -OCH3 is 1. The Morgan fingerprint density at radius 3 is 2.75 bits per heavy atom. The average Bonchev–Trinajstić information content (AvgIpc) is 3.06. The van der Waals surface area contributed by atoms with E-state index in [1.807, 2.05) is 0 Å². The molecular weight excluding hydrogens is 444 g/mol. The Morgan fingerprint density at radius 2 is 2.14 bits per heavy atom. The average molecular weight is 465 g/mol. The second-order valence-electron chi connectivity index (χ2n) is 5.76. The van der Waals surface area contributed by atoms with Crippen LogP contribution >= 0.6 is 34.7 Å². The summed E-state index contributed by atoms with van der Waals surface area (Å²) < 4.78 is 31.9. The molecule has 1 heterocycles.